The highest BCUT2D eigenvalue weighted by Gasteiger charge is 2.11. The van der Waals surface area contributed by atoms with Crippen LogP contribution in [0.25, 0.3) is 0 Å². The number of carboxylic acids is 1. The van der Waals surface area contributed by atoms with Gasteiger partial charge in [-0.25, -0.2) is 0 Å². The number of nitrogens with one attached hydrogen (secondary N) is 2. The first kappa shape index (κ1) is 12.2. The summed E-state index contributed by atoms with van der Waals surface area (Å²) in [6.45, 7) is 4.61. The monoisotopic (exact) mass is 204 g/mol. The number of hydrogen-bond acceptors (Lipinski definition) is 2. The summed E-state index contributed by atoms with van der Waals surface area (Å²) in [6.07, 6.45) is 0.847. The van der Waals surface area contributed by atoms with Crippen molar-refractivity contribution in [1.29, 1.82) is 0 Å². The van der Waals surface area contributed by atoms with Crippen molar-refractivity contribution >= 4 is 23.3 Å². The first-order valence-corrected chi connectivity index (χ1v) is 4.77. The van der Waals surface area contributed by atoms with E-state index in [1.54, 1.807) is 0 Å². The van der Waals surface area contributed by atoms with Crippen LogP contribution in [0, 0.1) is 0 Å². The Kier molecular flexibility index (Phi) is 6.22. The maximum atomic E-state index is 10.4. The predicted octanol–water partition coefficient (Wildman–Crippen LogP) is 0.724. The second-order valence-electron chi connectivity index (χ2n) is 2.71. The first-order valence-electron chi connectivity index (χ1n) is 4.36. The van der Waals surface area contributed by atoms with Crippen LogP contribution in [-0.2, 0) is 4.79 Å². The zero-order chi connectivity index (χ0) is 10.3. The van der Waals surface area contributed by atoms with E-state index >= 15 is 0 Å². The summed E-state index contributed by atoms with van der Waals surface area (Å²) in [5.41, 5.74) is 0. The van der Waals surface area contributed by atoms with Gasteiger partial charge in [-0.15, -0.1) is 0 Å². The summed E-state index contributed by atoms with van der Waals surface area (Å²) in [7, 11) is 0. The smallest absolute Gasteiger partial charge is 0.305 e. The molecule has 1 atom stereocenters. The van der Waals surface area contributed by atoms with E-state index in [9.17, 15) is 4.79 Å². The average molecular weight is 204 g/mol. The molecule has 0 aliphatic rings. The second-order valence-corrected chi connectivity index (χ2v) is 3.12. The number of thiocarbonyl (C=S) groups is 1. The molecule has 4 nitrogen and oxygen atoms in total. The Bertz CT molecular complexity index is 185. The first-order chi connectivity index (χ1) is 6.10. The van der Waals surface area contributed by atoms with E-state index in [1.807, 2.05) is 13.8 Å². The quantitative estimate of drug-likeness (QED) is 0.576. The lowest BCUT2D eigenvalue weighted by Crippen LogP contribution is -2.42. The lowest BCUT2D eigenvalue weighted by Gasteiger charge is -2.16. The minimum absolute atomic E-state index is 0.0796. The SMILES string of the molecule is CCNC(=S)NC(CC)CC(=O)O. The fraction of sp³-hybridized carbons (Fsp3) is 0.750. The molecule has 0 aliphatic heterocycles. The van der Waals surface area contributed by atoms with Gasteiger partial charge in [-0.2, -0.15) is 0 Å². The normalized spacial score (nSPS) is 11.8. The Hall–Kier alpha value is -0.840. The molecule has 0 aromatic heterocycles. The van der Waals surface area contributed by atoms with Crippen molar-refractivity contribution in [2.45, 2.75) is 32.7 Å². The Morgan fingerprint density at radius 2 is 2.15 bits per heavy atom. The topological polar surface area (TPSA) is 61.4 Å². The van der Waals surface area contributed by atoms with Gasteiger partial charge in [0.2, 0.25) is 0 Å². The third-order valence-electron chi connectivity index (χ3n) is 1.59. The average Bonchev–Trinajstić information content (AvgIpc) is 2.02. The molecule has 0 aromatic carbocycles. The van der Waals surface area contributed by atoms with E-state index in [0.29, 0.717) is 5.11 Å². The molecule has 0 aromatic rings. The van der Waals surface area contributed by atoms with Crippen LogP contribution in [0.4, 0.5) is 0 Å². The summed E-state index contributed by atoms with van der Waals surface area (Å²) in [6, 6.07) is -0.0796. The van der Waals surface area contributed by atoms with Crippen LogP contribution in [-0.4, -0.2) is 28.8 Å². The van der Waals surface area contributed by atoms with Gasteiger partial charge in [-0.3, -0.25) is 4.79 Å². The van der Waals surface area contributed by atoms with Gasteiger partial charge in [-0.1, -0.05) is 6.92 Å². The highest BCUT2D eigenvalue weighted by Crippen LogP contribution is 1.96. The molecule has 3 N–H and O–H groups in total. The zero-order valence-corrected chi connectivity index (χ0v) is 8.78. The van der Waals surface area contributed by atoms with Crippen molar-refractivity contribution in [3.05, 3.63) is 0 Å². The van der Waals surface area contributed by atoms with Crippen molar-refractivity contribution in [2.75, 3.05) is 6.54 Å². The van der Waals surface area contributed by atoms with E-state index in [1.165, 1.54) is 0 Å². The van der Waals surface area contributed by atoms with Crippen LogP contribution in [0.15, 0.2) is 0 Å². The van der Waals surface area contributed by atoms with Crippen molar-refractivity contribution < 1.29 is 9.90 Å². The van der Waals surface area contributed by atoms with E-state index in [-0.39, 0.29) is 12.5 Å². The van der Waals surface area contributed by atoms with Crippen molar-refractivity contribution in [3.63, 3.8) is 0 Å². The Morgan fingerprint density at radius 1 is 1.54 bits per heavy atom. The largest absolute Gasteiger partial charge is 0.481 e. The number of carbonyl (C=O) groups is 1. The molecule has 1 unspecified atom stereocenters. The maximum Gasteiger partial charge on any atom is 0.305 e. The molecule has 0 amide bonds. The van der Waals surface area contributed by atoms with E-state index in [2.05, 4.69) is 10.6 Å². The van der Waals surface area contributed by atoms with Crippen LogP contribution in [0.3, 0.4) is 0 Å². The van der Waals surface area contributed by atoms with Gasteiger partial charge in [0.15, 0.2) is 5.11 Å². The van der Waals surface area contributed by atoms with Gasteiger partial charge < -0.3 is 15.7 Å². The van der Waals surface area contributed by atoms with Gasteiger partial charge in [0.25, 0.3) is 0 Å². The molecule has 0 saturated carbocycles. The molecule has 0 rings (SSSR count). The van der Waals surface area contributed by atoms with Gasteiger partial charge >= 0.3 is 5.97 Å². The molecule has 0 saturated heterocycles. The predicted molar refractivity (Wildman–Crippen MR) is 55.7 cm³/mol. The van der Waals surface area contributed by atoms with Gasteiger partial charge in [0.1, 0.15) is 0 Å². The lowest BCUT2D eigenvalue weighted by atomic mass is 10.1. The maximum absolute atomic E-state index is 10.4. The van der Waals surface area contributed by atoms with Crippen LogP contribution < -0.4 is 10.6 Å². The molecule has 76 valence electrons. The molecule has 0 radical (unpaired) electrons. The number of rotatable bonds is 5. The molecule has 13 heavy (non-hydrogen) atoms. The molecular formula is C8H16N2O2S. The Balaban J connectivity index is 3.83. The van der Waals surface area contributed by atoms with Crippen LogP contribution >= 0.6 is 12.2 Å². The zero-order valence-electron chi connectivity index (χ0n) is 7.96. The Morgan fingerprint density at radius 3 is 2.54 bits per heavy atom. The minimum Gasteiger partial charge on any atom is -0.481 e. The molecule has 5 heteroatoms. The van der Waals surface area contributed by atoms with E-state index in [0.717, 1.165) is 13.0 Å². The molecule has 0 bridgehead atoms. The fourth-order valence-corrected chi connectivity index (χ4v) is 1.22. The van der Waals surface area contributed by atoms with Crippen LogP contribution in [0.2, 0.25) is 0 Å². The highest BCUT2D eigenvalue weighted by atomic mass is 32.1. The summed E-state index contributed by atoms with van der Waals surface area (Å²) < 4.78 is 0. The highest BCUT2D eigenvalue weighted by molar-refractivity contribution is 7.80. The summed E-state index contributed by atoms with van der Waals surface area (Å²) in [5, 5.41) is 14.9. The summed E-state index contributed by atoms with van der Waals surface area (Å²) in [5.74, 6) is -0.807. The van der Waals surface area contributed by atoms with Gasteiger partial charge in [0.05, 0.1) is 6.42 Å². The van der Waals surface area contributed by atoms with E-state index in [4.69, 9.17) is 17.3 Å². The molecule has 0 fully saturated rings. The number of aliphatic carboxylic acids is 1. The molecule has 0 aliphatic carbocycles. The second kappa shape index (κ2) is 6.65. The van der Waals surface area contributed by atoms with Gasteiger partial charge in [0, 0.05) is 12.6 Å². The third-order valence-corrected chi connectivity index (χ3v) is 1.85. The summed E-state index contributed by atoms with van der Waals surface area (Å²) in [4.78, 5) is 10.4. The lowest BCUT2D eigenvalue weighted by molar-refractivity contribution is -0.137. The van der Waals surface area contributed by atoms with Crippen molar-refractivity contribution in [3.8, 4) is 0 Å². The molecular weight excluding hydrogens is 188 g/mol. The van der Waals surface area contributed by atoms with Crippen LogP contribution in [0.1, 0.15) is 26.7 Å². The third kappa shape index (κ3) is 6.33. The molecule has 0 spiro atoms. The molecule has 0 heterocycles. The van der Waals surface area contributed by atoms with Crippen molar-refractivity contribution in [1.82, 2.24) is 10.6 Å². The number of carboxylic acid groups (broad SMARTS) is 1. The summed E-state index contributed by atoms with van der Waals surface area (Å²) >= 11 is 4.93. The Labute approximate surface area is 83.7 Å². The van der Waals surface area contributed by atoms with Crippen molar-refractivity contribution in [2.24, 2.45) is 0 Å². The fourth-order valence-electron chi connectivity index (χ4n) is 0.905. The van der Waals surface area contributed by atoms with E-state index < -0.39 is 5.97 Å². The standard InChI is InChI=1S/C8H16N2O2S/c1-3-6(5-7(11)12)10-8(13)9-4-2/h6H,3-5H2,1-2H3,(H,11,12)(H2,9,10,13). The van der Waals surface area contributed by atoms with Gasteiger partial charge in [-0.05, 0) is 25.6 Å². The minimum atomic E-state index is -0.807. The van der Waals surface area contributed by atoms with Crippen LogP contribution in [0.5, 0.6) is 0 Å². The number of hydrogen-bond donors (Lipinski definition) is 3.